The van der Waals surface area contributed by atoms with E-state index in [0.717, 1.165) is 25.3 Å². The number of halogens is 1. The monoisotopic (exact) mass is 370 g/mol. The number of amides is 1. The Hall–Kier alpha value is -1.67. The van der Waals surface area contributed by atoms with Crippen molar-refractivity contribution < 1.29 is 22.3 Å². The van der Waals surface area contributed by atoms with Gasteiger partial charge in [0.05, 0.1) is 11.5 Å². The van der Waals surface area contributed by atoms with Crippen LogP contribution in [0.3, 0.4) is 0 Å². The molecule has 138 valence electrons. The lowest BCUT2D eigenvalue weighted by Crippen LogP contribution is -2.52. The van der Waals surface area contributed by atoms with E-state index >= 15 is 0 Å². The van der Waals surface area contributed by atoms with Crippen molar-refractivity contribution in [3.05, 3.63) is 24.0 Å². The average Bonchev–Trinajstić information content (AvgIpc) is 2.55. The molecule has 1 amide bonds. The molecule has 0 atom stereocenters. The summed E-state index contributed by atoms with van der Waals surface area (Å²) in [6.45, 7) is 3.27. The molecule has 0 unspecified atom stereocenters. The molecule has 1 aromatic carbocycles. The summed E-state index contributed by atoms with van der Waals surface area (Å²) >= 11 is 0. The predicted molar refractivity (Wildman–Crippen MR) is 90.2 cm³/mol. The molecule has 1 saturated heterocycles. The van der Waals surface area contributed by atoms with Crippen LogP contribution in [0.15, 0.2) is 23.1 Å². The molecule has 1 aliphatic heterocycles. The number of carbonyl (C=O) groups excluding carboxylic acids is 1. The molecule has 1 saturated carbocycles. The highest BCUT2D eigenvalue weighted by Gasteiger charge is 2.34. The van der Waals surface area contributed by atoms with Crippen molar-refractivity contribution >= 4 is 15.9 Å². The summed E-state index contributed by atoms with van der Waals surface area (Å²) in [5, 5.41) is 0. The largest absolute Gasteiger partial charge is 0.491 e. The molecule has 3 rings (SSSR count). The average molecular weight is 370 g/mol. The summed E-state index contributed by atoms with van der Waals surface area (Å²) < 4.78 is 45.8. The van der Waals surface area contributed by atoms with Crippen molar-refractivity contribution in [1.29, 1.82) is 0 Å². The Bertz CT molecular complexity index is 741. The number of sulfonamides is 1. The number of hydrogen-bond donors (Lipinski definition) is 0. The third-order valence-corrected chi connectivity index (χ3v) is 6.74. The van der Waals surface area contributed by atoms with Gasteiger partial charge < -0.3 is 9.64 Å². The fourth-order valence-corrected chi connectivity index (χ4v) is 4.56. The molecule has 0 spiro atoms. The maximum atomic E-state index is 14.0. The molecular formula is C17H23FN2O4S. The Morgan fingerprint density at radius 2 is 1.92 bits per heavy atom. The van der Waals surface area contributed by atoms with Gasteiger partial charge in [-0.3, -0.25) is 4.79 Å². The standard InChI is InChI=1S/C17H23FN2O4S/c1-2-24-16-7-6-14(12-15(16)18)25(22,23)20-10-8-19(9-11-20)17(21)13-4-3-5-13/h6-7,12-13H,2-5,8-11H2,1H3. The van der Waals surface area contributed by atoms with Crippen LogP contribution in [0.2, 0.25) is 0 Å². The van der Waals surface area contributed by atoms with Gasteiger partial charge in [0.2, 0.25) is 15.9 Å². The van der Waals surface area contributed by atoms with E-state index in [-0.39, 0.29) is 35.6 Å². The molecule has 1 aliphatic carbocycles. The van der Waals surface area contributed by atoms with Crippen LogP contribution in [0.5, 0.6) is 5.75 Å². The van der Waals surface area contributed by atoms with E-state index in [1.165, 1.54) is 16.4 Å². The SMILES string of the molecule is CCOc1ccc(S(=O)(=O)N2CCN(C(=O)C3CCC3)CC2)cc1F. The Morgan fingerprint density at radius 1 is 1.24 bits per heavy atom. The summed E-state index contributed by atoms with van der Waals surface area (Å²) in [4.78, 5) is 13.9. The van der Waals surface area contributed by atoms with Crippen LogP contribution in [-0.2, 0) is 14.8 Å². The van der Waals surface area contributed by atoms with Gasteiger partial charge in [0, 0.05) is 32.1 Å². The van der Waals surface area contributed by atoms with Crippen LogP contribution in [0.25, 0.3) is 0 Å². The van der Waals surface area contributed by atoms with Crippen LogP contribution in [0.4, 0.5) is 4.39 Å². The van der Waals surface area contributed by atoms with Crippen molar-refractivity contribution in [3.63, 3.8) is 0 Å². The van der Waals surface area contributed by atoms with Gasteiger partial charge in [0.15, 0.2) is 11.6 Å². The topological polar surface area (TPSA) is 66.9 Å². The summed E-state index contributed by atoms with van der Waals surface area (Å²) in [5.41, 5.74) is 0. The van der Waals surface area contributed by atoms with Crippen LogP contribution < -0.4 is 4.74 Å². The Balaban J connectivity index is 1.67. The van der Waals surface area contributed by atoms with Gasteiger partial charge in [-0.2, -0.15) is 4.31 Å². The molecular weight excluding hydrogens is 347 g/mol. The van der Waals surface area contributed by atoms with E-state index < -0.39 is 15.8 Å². The van der Waals surface area contributed by atoms with E-state index in [4.69, 9.17) is 4.74 Å². The Morgan fingerprint density at radius 3 is 2.44 bits per heavy atom. The number of rotatable bonds is 5. The highest BCUT2D eigenvalue weighted by Crippen LogP contribution is 2.29. The molecule has 25 heavy (non-hydrogen) atoms. The Kier molecular flexibility index (Phi) is 5.29. The molecule has 2 fully saturated rings. The first-order chi connectivity index (χ1) is 11.9. The maximum absolute atomic E-state index is 14.0. The van der Waals surface area contributed by atoms with Gasteiger partial charge in [-0.25, -0.2) is 12.8 Å². The number of ether oxygens (including phenoxy) is 1. The van der Waals surface area contributed by atoms with Crippen molar-refractivity contribution in [1.82, 2.24) is 9.21 Å². The molecule has 6 nitrogen and oxygen atoms in total. The lowest BCUT2D eigenvalue weighted by Gasteiger charge is -2.37. The van der Waals surface area contributed by atoms with Gasteiger partial charge in [0.1, 0.15) is 0 Å². The van der Waals surface area contributed by atoms with Gasteiger partial charge in [0.25, 0.3) is 0 Å². The number of hydrogen-bond acceptors (Lipinski definition) is 4. The van der Waals surface area contributed by atoms with Crippen LogP contribution in [0, 0.1) is 11.7 Å². The lowest BCUT2D eigenvalue weighted by atomic mass is 9.84. The second-order valence-electron chi connectivity index (χ2n) is 6.38. The Labute approximate surface area is 147 Å². The van der Waals surface area contributed by atoms with E-state index in [1.807, 2.05) is 0 Å². The van der Waals surface area contributed by atoms with Gasteiger partial charge in [-0.05, 0) is 38.0 Å². The zero-order chi connectivity index (χ0) is 18.0. The molecule has 0 aromatic heterocycles. The van der Waals surface area contributed by atoms with E-state index in [0.29, 0.717) is 19.7 Å². The second kappa shape index (κ2) is 7.29. The van der Waals surface area contributed by atoms with E-state index in [2.05, 4.69) is 0 Å². The van der Waals surface area contributed by atoms with Crippen molar-refractivity contribution in [2.24, 2.45) is 5.92 Å². The molecule has 1 aromatic rings. The predicted octanol–water partition coefficient (Wildman–Crippen LogP) is 1.86. The number of benzene rings is 1. The highest BCUT2D eigenvalue weighted by atomic mass is 32.2. The number of piperazine rings is 1. The smallest absolute Gasteiger partial charge is 0.243 e. The van der Waals surface area contributed by atoms with Gasteiger partial charge in [-0.1, -0.05) is 6.42 Å². The van der Waals surface area contributed by atoms with E-state index in [1.54, 1.807) is 11.8 Å². The minimum atomic E-state index is -3.78. The van der Waals surface area contributed by atoms with Crippen molar-refractivity contribution in [2.75, 3.05) is 32.8 Å². The molecule has 0 radical (unpaired) electrons. The zero-order valence-corrected chi connectivity index (χ0v) is 15.1. The third-order valence-electron chi connectivity index (χ3n) is 4.85. The molecule has 8 heteroatoms. The molecule has 0 bridgehead atoms. The van der Waals surface area contributed by atoms with Gasteiger partial charge in [-0.15, -0.1) is 0 Å². The first-order valence-electron chi connectivity index (χ1n) is 8.64. The maximum Gasteiger partial charge on any atom is 0.243 e. The summed E-state index contributed by atoms with van der Waals surface area (Å²) in [6, 6.07) is 3.68. The van der Waals surface area contributed by atoms with Crippen LogP contribution in [-0.4, -0.2) is 56.3 Å². The second-order valence-corrected chi connectivity index (χ2v) is 8.32. The number of carbonyl (C=O) groups is 1. The lowest BCUT2D eigenvalue weighted by molar-refractivity contribution is -0.139. The normalized spacial score (nSPS) is 19.5. The first-order valence-corrected chi connectivity index (χ1v) is 10.1. The molecule has 0 N–H and O–H groups in total. The first kappa shape index (κ1) is 18.1. The summed E-state index contributed by atoms with van der Waals surface area (Å²) in [6.07, 6.45) is 2.96. The molecule has 1 heterocycles. The minimum Gasteiger partial charge on any atom is -0.491 e. The van der Waals surface area contributed by atoms with Crippen LogP contribution in [0.1, 0.15) is 26.2 Å². The minimum absolute atomic E-state index is 0.0392. The fourth-order valence-electron chi connectivity index (χ4n) is 3.13. The highest BCUT2D eigenvalue weighted by molar-refractivity contribution is 7.89. The fraction of sp³-hybridized carbons (Fsp3) is 0.588. The summed E-state index contributed by atoms with van der Waals surface area (Å²) in [7, 11) is -3.78. The van der Waals surface area contributed by atoms with Crippen molar-refractivity contribution in [3.8, 4) is 5.75 Å². The quantitative estimate of drug-likeness (QED) is 0.793. The number of nitrogens with zero attached hydrogens (tertiary/aromatic N) is 2. The molecule has 2 aliphatic rings. The van der Waals surface area contributed by atoms with Gasteiger partial charge >= 0.3 is 0 Å². The van der Waals surface area contributed by atoms with Crippen molar-refractivity contribution in [2.45, 2.75) is 31.1 Å². The zero-order valence-electron chi connectivity index (χ0n) is 14.3. The van der Waals surface area contributed by atoms with Crippen LogP contribution >= 0.6 is 0 Å². The third kappa shape index (κ3) is 3.64. The summed E-state index contributed by atoms with van der Waals surface area (Å²) in [5.74, 6) is -0.405. The van der Waals surface area contributed by atoms with E-state index in [9.17, 15) is 17.6 Å².